The molecule has 0 saturated carbocycles. The molecule has 5 aromatic carbocycles. The highest BCUT2D eigenvalue weighted by atomic mass is 32.2. The number of rotatable bonds is 9. The molecule has 0 saturated heterocycles. The van der Waals surface area contributed by atoms with Crippen LogP contribution < -0.4 is 10.7 Å². The van der Waals surface area contributed by atoms with Gasteiger partial charge < -0.3 is 19.9 Å². The van der Waals surface area contributed by atoms with Gasteiger partial charge >= 0.3 is 0 Å². The van der Waals surface area contributed by atoms with Gasteiger partial charge in [0.2, 0.25) is 0 Å². The van der Waals surface area contributed by atoms with Gasteiger partial charge in [0.15, 0.2) is 0 Å². The molecular weight excluding hydrogens is 673 g/mol. The first-order valence-electron chi connectivity index (χ1n) is 17.0. The Hall–Kier alpha value is -5.90. The second-order valence-corrected chi connectivity index (χ2v) is 14.5. The number of nitrogens with one attached hydrogen (secondary N) is 1. The molecule has 1 aliphatic carbocycles. The monoisotopic (exact) mass is 710 g/mol. The van der Waals surface area contributed by atoms with Crippen LogP contribution in [-0.2, 0) is 23.0 Å². The van der Waals surface area contributed by atoms with Crippen LogP contribution in [0.15, 0.2) is 130 Å². The second kappa shape index (κ2) is 14.0. The molecule has 262 valence electrons. The zero-order valence-corrected chi connectivity index (χ0v) is 29.8. The first kappa shape index (κ1) is 34.5. The highest BCUT2D eigenvalue weighted by molar-refractivity contribution is 7.86. The minimum absolute atomic E-state index is 0.132. The van der Waals surface area contributed by atoms with Crippen LogP contribution in [0.3, 0.4) is 0 Å². The second-order valence-electron chi connectivity index (χ2n) is 13.1. The Morgan fingerprint density at radius 2 is 1.52 bits per heavy atom. The van der Waals surface area contributed by atoms with Crippen molar-refractivity contribution in [1.29, 1.82) is 0 Å². The van der Waals surface area contributed by atoms with E-state index >= 15 is 0 Å². The fraction of sp³-hybridized carbons (Fsp3) is 0.140. The van der Waals surface area contributed by atoms with Crippen molar-refractivity contribution < 1.29 is 27.6 Å². The number of aryl methyl sites for hydroxylation is 5. The predicted octanol–water partition coefficient (Wildman–Crippen LogP) is 9.94. The molecule has 0 spiro atoms. The predicted molar refractivity (Wildman–Crippen MR) is 205 cm³/mol. The van der Waals surface area contributed by atoms with E-state index in [1.54, 1.807) is 24.3 Å². The first-order valence-corrected chi connectivity index (χ1v) is 18.4. The topological polar surface area (TPSA) is 132 Å². The van der Waals surface area contributed by atoms with Gasteiger partial charge in [-0.05, 0) is 122 Å². The summed E-state index contributed by atoms with van der Waals surface area (Å²) in [5.41, 5.74) is 9.70. The number of hydrogen-bond acceptors (Lipinski definition) is 7. The largest absolute Gasteiger partial charge is 0.508 e. The van der Waals surface area contributed by atoms with Gasteiger partial charge in [0, 0.05) is 45.6 Å². The molecule has 52 heavy (non-hydrogen) atoms. The average molecular weight is 711 g/mol. The number of fused-ring (bicyclic) bond motifs is 2. The van der Waals surface area contributed by atoms with Gasteiger partial charge in [-0.1, -0.05) is 48.5 Å². The quantitative estimate of drug-likeness (QED) is 0.0666. The molecule has 0 fully saturated rings. The number of nitrogens with zero attached hydrogens (tertiary/aromatic N) is 1. The Balaban J connectivity index is 1.30. The van der Waals surface area contributed by atoms with Crippen LogP contribution in [0.25, 0.3) is 33.4 Å². The number of hydrogen-bond donors (Lipinski definition) is 4. The Bertz CT molecular complexity index is 2610. The van der Waals surface area contributed by atoms with Gasteiger partial charge in [-0.25, -0.2) is 4.99 Å². The van der Waals surface area contributed by atoms with Gasteiger partial charge in [-0.15, -0.1) is 0 Å². The fourth-order valence-corrected chi connectivity index (χ4v) is 7.39. The van der Waals surface area contributed by atoms with Crippen molar-refractivity contribution in [2.45, 2.75) is 44.9 Å². The van der Waals surface area contributed by atoms with Gasteiger partial charge in [-0.3, -0.25) is 4.55 Å². The summed E-state index contributed by atoms with van der Waals surface area (Å²) < 4.78 is 42.0. The van der Waals surface area contributed by atoms with Gasteiger partial charge in [0.05, 0.1) is 11.0 Å². The van der Waals surface area contributed by atoms with Crippen LogP contribution >= 0.6 is 0 Å². The Morgan fingerprint density at radius 1 is 0.731 bits per heavy atom. The minimum Gasteiger partial charge on any atom is -0.508 e. The molecule has 9 heteroatoms. The van der Waals surface area contributed by atoms with E-state index < -0.39 is 10.1 Å². The van der Waals surface area contributed by atoms with Crippen molar-refractivity contribution >= 4 is 38.1 Å². The summed E-state index contributed by atoms with van der Waals surface area (Å²) >= 11 is 0. The molecule has 1 heterocycles. The first-order chi connectivity index (χ1) is 24.9. The number of benzene rings is 6. The molecular formula is C43H38N2O6S. The van der Waals surface area contributed by atoms with E-state index in [2.05, 4.69) is 23.5 Å². The lowest BCUT2D eigenvalue weighted by molar-refractivity contribution is 0.453. The summed E-state index contributed by atoms with van der Waals surface area (Å²) in [7, 11) is -4.55. The van der Waals surface area contributed by atoms with Crippen molar-refractivity contribution in [2.75, 3.05) is 5.32 Å². The maximum Gasteiger partial charge on any atom is 0.295 e. The number of para-hydroxylation sites is 1. The zero-order chi connectivity index (χ0) is 36.6. The normalized spacial score (nSPS) is 12.1. The number of phenols is 2. The van der Waals surface area contributed by atoms with Gasteiger partial charge in [0.1, 0.15) is 27.7 Å². The molecule has 0 atom stereocenters. The van der Waals surface area contributed by atoms with Crippen LogP contribution in [-0.4, -0.2) is 23.2 Å². The Kier molecular flexibility index (Phi) is 9.31. The summed E-state index contributed by atoms with van der Waals surface area (Å²) in [5.74, 6) is 0.815. The molecule has 8 nitrogen and oxygen atoms in total. The number of aromatic hydroxyl groups is 2. The molecule has 0 radical (unpaired) electrons. The maximum atomic E-state index is 12.6. The fourth-order valence-electron chi connectivity index (χ4n) is 6.70. The standard InChI is InChI=1S/C43H38N2O6S/c1-26-14-15-29(10-7-11-30-23-33(46)18-21-38(30)47)22-37(26)44-31-16-19-34-39(24-31)51-40-25-32(45-43-27(2)8-6-9-28(43)3)17-20-35(40)42(34)36-12-4-5-13-41(36)52(48,49)50/h4-6,8-9,12-25,44,46-47H,7,10-11H2,1-3H3,(H,48,49,50). The molecule has 0 aromatic heterocycles. The number of phenolic OH excluding ortho intramolecular Hbond substituents is 2. The third kappa shape index (κ3) is 7.14. The van der Waals surface area contributed by atoms with Gasteiger partial charge in [-0.2, -0.15) is 8.42 Å². The number of anilines is 2. The van der Waals surface area contributed by atoms with Crippen molar-refractivity contribution in [3.63, 3.8) is 0 Å². The zero-order valence-electron chi connectivity index (χ0n) is 29.0. The van der Waals surface area contributed by atoms with E-state index in [9.17, 15) is 23.2 Å². The molecule has 0 amide bonds. The summed E-state index contributed by atoms with van der Waals surface area (Å²) in [4.78, 5) is 4.74. The van der Waals surface area contributed by atoms with Crippen molar-refractivity contribution in [3.8, 4) is 33.9 Å². The summed E-state index contributed by atoms with van der Waals surface area (Å²) in [6.07, 6.45) is 2.18. The molecule has 4 N–H and O–H groups in total. The molecule has 2 aliphatic rings. The van der Waals surface area contributed by atoms with Crippen LogP contribution in [0.1, 0.15) is 34.2 Å². The summed E-state index contributed by atoms with van der Waals surface area (Å²) in [6, 6.07) is 34.6. The van der Waals surface area contributed by atoms with E-state index in [-0.39, 0.29) is 16.4 Å². The highest BCUT2D eigenvalue weighted by Crippen LogP contribution is 2.43. The van der Waals surface area contributed by atoms with Crippen molar-refractivity contribution in [3.05, 3.63) is 148 Å². The summed E-state index contributed by atoms with van der Waals surface area (Å²) in [6.45, 7) is 6.06. The molecule has 0 unspecified atom stereocenters. The van der Waals surface area contributed by atoms with Crippen LogP contribution in [0.2, 0.25) is 0 Å². The molecule has 0 bridgehead atoms. The lowest BCUT2D eigenvalue weighted by Gasteiger charge is -2.18. The average Bonchev–Trinajstić information content (AvgIpc) is 3.11. The Morgan fingerprint density at radius 3 is 2.31 bits per heavy atom. The Labute approximate surface area is 302 Å². The van der Waals surface area contributed by atoms with Crippen LogP contribution in [0.4, 0.5) is 17.1 Å². The highest BCUT2D eigenvalue weighted by Gasteiger charge is 2.23. The maximum absolute atomic E-state index is 12.6. The van der Waals surface area contributed by atoms with Gasteiger partial charge in [0.25, 0.3) is 10.1 Å². The molecule has 7 rings (SSSR count). The lowest BCUT2D eigenvalue weighted by atomic mass is 9.93. The van der Waals surface area contributed by atoms with Crippen LogP contribution in [0, 0.1) is 20.8 Å². The smallest absolute Gasteiger partial charge is 0.295 e. The van der Waals surface area contributed by atoms with E-state index in [1.807, 2.05) is 75.4 Å². The SMILES string of the molecule is Cc1ccc(CCCc2cc(O)ccc2O)cc1Nc1ccc2c(-c3ccccc3S(=O)(=O)O)c3ccc(=Nc4c(C)cccc4C)cc-3oc2c1. The summed E-state index contributed by atoms with van der Waals surface area (Å²) in [5, 5.41) is 24.9. The van der Waals surface area contributed by atoms with E-state index in [4.69, 9.17) is 9.41 Å². The minimum atomic E-state index is -4.55. The lowest BCUT2D eigenvalue weighted by Crippen LogP contribution is -2.05. The van der Waals surface area contributed by atoms with E-state index in [0.29, 0.717) is 50.8 Å². The molecule has 5 aromatic rings. The van der Waals surface area contributed by atoms with E-state index in [1.165, 1.54) is 18.2 Å². The van der Waals surface area contributed by atoms with Crippen molar-refractivity contribution in [2.24, 2.45) is 4.99 Å². The van der Waals surface area contributed by atoms with E-state index in [0.717, 1.165) is 52.2 Å². The third-order valence-corrected chi connectivity index (χ3v) is 10.3. The van der Waals surface area contributed by atoms with Crippen LogP contribution in [0.5, 0.6) is 11.5 Å². The van der Waals surface area contributed by atoms with Crippen molar-refractivity contribution in [1.82, 2.24) is 0 Å². The molecule has 1 aliphatic heterocycles. The third-order valence-electron chi connectivity index (χ3n) is 9.38.